The number of aliphatic carboxylic acids is 7. The summed E-state index contributed by atoms with van der Waals surface area (Å²) in [5, 5.41) is 77.5. The van der Waals surface area contributed by atoms with E-state index in [9.17, 15) is 73.8 Å². The molecule has 1 aromatic carbocycles. The number of nitrogens with one attached hydrogen (secondary N) is 4. The number of hydrogen-bond donors (Lipinski definition) is 12. The molecule has 1 aromatic heterocycles. The van der Waals surface area contributed by atoms with Gasteiger partial charge < -0.3 is 72.5 Å². The molecular formula is C60H98LuN16O16+3. The van der Waals surface area contributed by atoms with E-state index in [0.717, 1.165) is 129 Å². The molecule has 0 spiro atoms. The van der Waals surface area contributed by atoms with Crippen molar-refractivity contribution in [2.24, 2.45) is 5.73 Å². The molecule has 0 radical (unpaired) electrons. The summed E-state index contributed by atoms with van der Waals surface area (Å²) in [4.78, 5) is 138. The second kappa shape index (κ2) is 43.6. The van der Waals surface area contributed by atoms with Crippen LogP contribution in [0.1, 0.15) is 102 Å². The van der Waals surface area contributed by atoms with Crippen molar-refractivity contribution >= 4 is 77.3 Å². The van der Waals surface area contributed by atoms with Crippen LogP contribution in [0.15, 0.2) is 24.3 Å². The minimum atomic E-state index is -1.49. The van der Waals surface area contributed by atoms with E-state index in [1.807, 2.05) is 24.3 Å². The standard InChI is InChI=1S/C60H98N16O16.Lu/c61-20-11-23-70-30-35-75(36-31-70)59-67-57(63-45-16-14-44(15-17-45)38-46-39-73(42-53(84)85)27-26-71(40-51(80)81)24-25-72(41-52(82)83)32-37-76(46)43-54(86)87)66-58(68-59)74-33-28-69(29-34-74)22-10-6-4-2-1-3-5-7-13-49(77)62-21-9-8-12-47(55(88)89)64-60(92)65-48(56(90)91)18-19-50(78)79;/h14-17,46-48H,1-13,18-43,61H2,(H,62,77)(H,78,79)(H,80,81)(H,82,83)(H,84,85)(H,86,87)(H,88,89)(H,90,91)(H2,64,65,92)(H,63,66,67,68);/q;+3/t46?,47-,48-;/m0./s1. The predicted octanol–water partition coefficient (Wildman–Crippen LogP) is 0.547. The molecule has 1 unspecified atom stereocenters. The zero-order valence-corrected chi connectivity index (χ0v) is 54.8. The van der Waals surface area contributed by atoms with E-state index in [4.69, 9.17) is 25.8 Å². The van der Waals surface area contributed by atoms with Crippen LogP contribution in [0.25, 0.3) is 0 Å². The number of piperazine rings is 2. The van der Waals surface area contributed by atoms with Crippen LogP contribution < -0.4 is 36.8 Å². The number of aromatic nitrogens is 3. The van der Waals surface area contributed by atoms with Crippen molar-refractivity contribution in [1.29, 1.82) is 0 Å². The first-order chi connectivity index (χ1) is 44.1. The number of anilines is 4. The number of carboxylic acids is 7. The second-order valence-electron chi connectivity index (χ2n) is 23.8. The fourth-order valence-corrected chi connectivity index (χ4v) is 11.4. The quantitative estimate of drug-likeness (QED) is 0.0405. The molecule has 3 saturated heterocycles. The van der Waals surface area contributed by atoms with Gasteiger partial charge in [0.25, 0.3) is 0 Å². The third kappa shape index (κ3) is 32.1. The van der Waals surface area contributed by atoms with E-state index >= 15 is 0 Å². The first-order valence-electron chi connectivity index (χ1n) is 32.2. The average molecular weight is 1470 g/mol. The number of nitrogens with zero attached hydrogens (tertiary/aromatic N) is 11. The molecule has 3 amide bonds. The number of rotatable bonds is 40. The van der Waals surface area contributed by atoms with Crippen molar-refractivity contribution in [3.63, 3.8) is 0 Å². The van der Waals surface area contributed by atoms with Crippen LogP contribution in [0.4, 0.5) is 28.3 Å². The Morgan fingerprint density at radius 3 is 1.45 bits per heavy atom. The largest absolute Gasteiger partial charge is 3.00 e. The Bertz CT molecular complexity index is 2660. The van der Waals surface area contributed by atoms with E-state index in [2.05, 4.69) is 40.9 Å². The summed E-state index contributed by atoms with van der Waals surface area (Å²) in [6, 6.07) is 3.25. The van der Waals surface area contributed by atoms with Crippen molar-refractivity contribution < 1.29 is 116 Å². The Morgan fingerprint density at radius 1 is 0.484 bits per heavy atom. The number of urea groups is 1. The van der Waals surface area contributed by atoms with E-state index in [1.165, 1.54) is 0 Å². The van der Waals surface area contributed by atoms with Crippen molar-refractivity contribution in [1.82, 2.24) is 60.3 Å². The molecule has 3 aliphatic heterocycles. The van der Waals surface area contributed by atoms with Crippen molar-refractivity contribution in [3.8, 4) is 0 Å². The summed E-state index contributed by atoms with van der Waals surface area (Å²) in [7, 11) is 0. The van der Waals surface area contributed by atoms with Crippen LogP contribution in [0.2, 0.25) is 0 Å². The molecule has 2 aromatic rings. The Balaban J connectivity index is 0.0000184. The molecule has 3 aliphatic rings. The molecule has 526 valence electrons. The van der Waals surface area contributed by atoms with Gasteiger partial charge in [-0.3, -0.25) is 58.2 Å². The first-order valence-corrected chi connectivity index (χ1v) is 32.2. The summed E-state index contributed by atoms with van der Waals surface area (Å²) >= 11 is 0. The number of nitrogens with two attached hydrogens (primary N) is 1. The van der Waals surface area contributed by atoms with E-state index in [-0.39, 0.29) is 128 Å². The smallest absolute Gasteiger partial charge is 0.481 e. The molecule has 33 heteroatoms. The molecule has 3 atom stereocenters. The number of carbonyl (C=O) groups is 9. The van der Waals surface area contributed by atoms with Gasteiger partial charge in [-0.25, -0.2) is 14.4 Å². The van der Waals surface area contributed by atoms with Crippen LogP contribution in [0, 0.1) is 36.9 Å². The summed E-state index contributed by atoms with van der Waals surface area (Å²) in [6.07, 6.45) is 9.92. The van der Waals surface area contributed by atoms with Gasteiger partial charge in [0, 0.05) is 129 Å². The van der Waals surface area contributed by atoms with E-state index in [1.54, 1.807) is 19.6 Å². The molecule has 0 aliphatic carbocycles. The van der Waals surface area contributed by atoms with Crippen LogP contribution in [0.5, 0.6) is 0 Å². The van der Waals surface area contributed by atoms with E-state index < -0.39 is 72.4 Å². The Morgan fingerprint density at radius 2 is 0.946 bits per heavy atom. The fourth-order valence-electron chi connectivity index (χ4n) is 11.4. The monoisotopic (exact) mass is 1470 g/mol. The van der Waals surface area contributed by atoms with Crippen molar-refractivity contribution in [2.75, 3.05) is 166 Å². The zero-order chi connectivity index (χ0) is 66.8. The van der Waals surface area contributed by atoms with Gasteiger partial charge in [-0.1, -0.05) is 50.7 Å². The zero-order valence-electron chi connectivity index (χ0n) is 53.2. The maximum absolute atomic E-state index is 12.4. The minimum Gasteiger partial charge on any atom is -0.481 e. The fraction of sp³-hybridized carbons (Fsp3) is 0.700. The van der Waals surface area contributed by atoms with Crippen molar-refractivity contribution in [2.45, 2.75) is 121 Å². The number of benzene rings is 1. The summed E-state index contributed by atoms with van der Waals surface area (Å²) < 4.78 is 0. The summed E-state index contributed by atoms with van der Waals surface area (Å²) in [6.45, 7) is 9.16. The maximum atomic E-state index is 12.4. The predicted molar refractivity (Wildman–Crippen MR) is 339 cm³/mol. The SMILES string of the molecule is NCCCN1CCN(c2nc(Nc3ccc(CC4CN(CC(=O)O)CCN(CC(=O)O)CCN(CC(=O)O)CCN4CC(=O)O)cc3)nc(N3CCN(CCCCCCCCCCC(=O)NCCCC[C@H](NC(=O)N[C@@H](CCC(=O)O)C(=O)O)C(=O)O)CC3)n2)CC1.[Lu+3]. The first kappa shape index (κ1) is 79.1. The van der Waals surface area contributed by atoms with E-state index in [0.29, 0.717) is 62.3 Å². The molecule has 13 N–H and O–H groups in total. The molecule has 93 heavy (non-hydrogen) atoms. The summed E-state index contributed by atoms with van der Waals surface area (Å²) in [5.74, 6) is -6.85. The average Bonchev–Trinajstić information content (AvgIpc) is 1.32. The number of amides is 3. The normalized spacial score (nSPS) is 17.6. The van der Waals surface area contributed by atoms with Gasteiger partial charge in [0.2, 0.25) is 23.8 Å². The topological polar surface area (TPSA) is 434 Å². The van der Waals surface area contributed by atoms with Crippen LogP contribution in [-0.4, -0.2) is 302 Å². The summed E-state index contributed by atoms with van der Waals surface area (Å²) in [5.41, 5.74) is 7.35. The molecule has 0 saturated carbocycles. The van der Waals surface area contributed by atoms with Crippen LogP contribution in [0.3, 0.4) is 0 Å². The van der Waals surface area contributed by atoms with Crippen LogP contribution in [-0.2, 0) is 44.8 Å². The van der Waals surface area contributed by atoms with Crippen LogP contribution >= 0.6 is 0 Å². The Hall–Kier alpha value is -6.39. The number of carbonyl (C=O) groups excluding carboxylic acids is 2. The maximum Gasteiger partial charge on any atom is 3.00 e. The Labute approximate surface area is 572 Å². The Kier molecular flexibility index (Phi) is 37.0. The number of hydrogen-bond acceptors (Lipinski definition) is 22. The second-order valence-corrected chi connectivity index (χ2v) is 23.8. The van der Waals surface area contributed by atoms with Gasteiger partial charge in [-0.05, 0) is 88.7 Å². The third-order valence-electron chi connectivity index (χ3n) is 16.6. The van der Waals surface area contributed by atoms with Gasteiger partial charge in [-0.2, -0.15) is 15.0 Å². The van der Waals surface area contributed by atoms with Gasteiger partial charge >= 0.3 is 84.7 Å². The molecule has 5 rings (SSSR count). The van der Waals surface area contributed by atoms with Crippen molar-refractivity contribution in [3.05, 3.63) is 29.8 Å². The molecular weight excluding hydrogens is 1380 g/mol. The molecule has 32 nitrogen and oxygen atoms in total. The van der Waals surface area contributed by atoms with Gasteiger partial charge in [0.15, 0.2) is 0 Å². The molecule has 4 heterocycles. The number of carboxylic acid groups (broad SMARTS) is 7. The number of unbranched alkanes of at least 4 members (excludes halogenated alkanes) is 8. The van der Waals surface area contributed by atoms with Gasteiger partial charge in [0.05, 0.1) is 26.2 Å². The minimum absolute atomic E-state index is 0. The third-order valence-corrected chi connectivity index (χ3v) is 16.6. The molecule has 3 fully saturated rings. The van der Waals surface area contributed by atoms with Gasteiger partial charge in [-0.15, -0.1) is 0 Å². The molecule has 0 bridgehead atoms. The van der Waals surface area contributed by atoms with Gasteiger partial charge in [0.1, 0.15) is 12.1 Å².